The molecule has 38 valence electrons. The van der Waals surface area contributed by atoms with Gasteiger partial charge in [0.25, 0.3) is 0 Å². The lowest BCUT2D eigenvalue weighted by Crippen LogP contribution is -1.85. The first-order valence-corrected chi connectivity index (χ1v) is 2.81. The molecule has 0 aliphatic heterocycles. The highest BCUT2D eigenvalue weighted by atomic mass is 13.9. The first kappa shape index (κ1) is 6.00. The quantitative estimate of drug-likeness (QED) is 0.485. The van der Waals surface area contributed by atoms with Crippen LogP contribution in [0, 0.1) is 5.92 Å². The molecule has 0 saturated carbocycles. The maximum Gasteiger partial charge on any atom is 1.00 e. The van der Waals surface area contributed by atoms with Crippen LogP contribution in [0.4, 0.5) is 0 Å². The molecule has 0 atom stereocenters. The first-order chi connectivity index (χ1) is 2.81. The van der Waals surface area contributed by atoms with Crippen molar-refractivity contribution in [2.45, 2.75) is 33.6 Å². The van der Waals surface area contributed by atoms with E-state index in [1.807, 2.05) is 0 Å². The van der Waals surface area contributed by atoms with Crippen molar-refractivity contribution in [3.8, 4) is 0 Å². The van der Waals surface area contributed by atoms with Crippen LogP contribution in [0.3, 0.4) is 0 Å². The summed E-state index contributed by atoms with van der Waals surface area (Å²) in [6, 6.07) is 0. The molecule has 0 spiro atoms. The lowest BCUT2D eigenvalue weighted by Gasteiger charge is -1.98. The topological polar surface area (TPSA) is 0 Å². The van der Waals surface area contributed by atoms with E-state index in [-0.39, 0.29) is 1.43 Å². The van der Waals surface area contributed by atoms with Crippen molar-refractivity contribution in [2.24, 2.45) is 5.92 Å². The zero-order valence-electron chi connectivity index (χ0n) is 5.99. The van der Waals surface area contributed by atoms with Crippen LogP contribution in [-0.2, 0) is 0 Å². The fourth-order valence-corrected chi connectivity index (χ4v) is 0.289. The Labute approximate surface area is 42.0 Å². The molecule has 0 rings (SSSR count). The Balaban J connectivity index is 0. The minimum absolute atomic E-state index is 0. The minimum atomic E-state index is 0. The van der Waals surface area contributed by atoms with Crippen LogP contribution >= 0.6 is 0 Å². The van der Waals surface area contributed by atoms with Gasteiger partial charge in [0.1, 0.15) is 0 Å². The lowest BCUT2D eigenvalue weighted by molar-refractivity contribution is 0.544. The van der Waals surface area contributed by atoms with E-state index in [1.165, 1.54) is 12.8 Å². The molecule has 0 amide bonds. The Morgan fingerprint density at radius 1 is 1.33 bits per heavy atom. The molecule has 0 aliphatic rings. The third-order valence-electron chi connectivity index (χ3n) is 1.39. The first-order valence-electron chi connectivity index (χ1n) is 2.81. The van der Waals surface area contributed by atoms with Crippen molar-refractivity contribution >= 4 is 0 Å². The fraction of sp³-hybridized carbons (Fsp3) is 1.00. The molecule has 0 radical (unpaired) electrons. The maximum absolute atomic E-state index is 2.28. The molecule has 0 fully saturated rings. The summed E-state index contributed by atoms with van der Waals surface area (Å²) in [7, 11) is 0. The Bertz CT molecular complexity index is 23.4. The summed E-state index contributed by atoms with van der Waals surface area (Å²) in [5.74, 6) is 0.935. The van der Waals surface area contributed by atoms with Gasteiger partial charge in [0.2, 0.25) is 0 Å². The van der Waals surface area contributed by atoms with E-state index in [9.17, 15) is 0 Å². The summed E-state index contributed by atoms with van der Waals surface area (Å²) >= 11 is 0. The van der Waals surface area contributed by atoms with Crippen molar-refractivity contribution in [3.63, 3.8) is 0 Å². The molecule has 0 aromatic rings. The molecule has 6 heavy (non-hydrogen) atoms. The maximum atomic E-state index is 2.28. The van der Waals surface area contributed by atoms with Crippen LogP contribution in [0.1, 0.15) is 35.0 Å². The average molecular weight is 87.2 g/mol. The van der Waals surface area contributed by atoms with Crippen LogP contribution < -0.4 is 0 Å². The molecule has 0 aromatic carbocycles. The molecule has 0 aliphatic carbocycles. The monoisotopic (exact) mass is 87.1 g/mol. The number of hydrogen-bond donors (Lipinski definition) is 0. The Morgan fingerprint density at radius 2 is 1.67 bits per heavy atom. The highest BCUT2D eigenvalue weighted by molar-refractivity contribution is 4.41. The third-order valence-corrected chi connectivity index (χ3v) is 1.39. The van der Waals surface area contributed by atoms with Gasteiger partial charge in [-0.05, 0) is 5.92 Å². The van der Waals surface area contributed by atoms with E-state index >= 15 is 0 Å². The zero-order chi connectivity index (χ0) is 4.99. The summed E-state index contributed by atoms with van der Waals surface area (Å²) in [6.45, 7) is 6.74. The molecular formula is C6H15+. The summed E-state index contributed by atoms with van der Waals surface area (Å²) in [4.78, 5) is 0. The molecule has 0 bridgehead atoms. The average Bonchev–Trinajstić information content (AvgIpc) is 1.65. The molecule has 0 unspecified atom stereocenters. The SMILES string of the molecule is CCC(C)CC.[H+]. The second-order valence-corrected chi connectivity index (χ2v) is 1.92. The van der Waals surface area contributed by atoms with Gasteiger partial charge in [0, 0.05) is 0 Å². The van der Waals surface area contributed by atoms with Crippen molar-refractivity contribution in [2.75, 3.05) is 0 Å². The lowest BCUT2D eigenvalue weighted by atomic mass is 10.1. The van der Waals surface area contributed by atoms with E-state index in [1.54, 1.807) is 0 Å². The summed E-state index contributed by atoms with van der Waals surface area (Å²) < 4.78 is 0. The number of rotatable bonds is 2. The van der Waals surface area contributed by atoms with E-state index in [0.29, 0.717) is 0 Å². The summed E-state index contributed by atoms with van der Waals surface area (Å²) in [5.41, 5.74) is 0. The predicted octanol–water partition coefficient (Wildman–Crippen LogP) is 2.56. The van der Waals surface area contributed by atoms with Gasteiger partial charge < -0.3 is 0 Å². The number of hydrogen-bond acceptors (Lipinski definition) is 0. The van der Waals surface area contributed by atoms with Crippen molar-refractivity contribution in [1.29, 1.82) is 0 Å². The van der Waals surface area contributed by atoms with Crippen LogP contribution in [0.15, 0.2) is 0 Å². The standard InChI is InChI=1S/C6H14/c1-4-6(3)5-2/h6H,4-5H2,1-3H3/p+1. The van der Waals surface area contributed by atoms with Gasteiger partial charge in [-0.1, -0.05) is 33.6 Å². The van der Waals surface area contributed by atoms with Gasteiger partial charge in [-0.15, -0.1) is 0 Å². The molecule has 0 saturated heterocycles. The molecular weight excluding hydrogens is 72.1 g/mol. The van der Waals surface area contributed by atoms with Crippen LogP contribution in [0.2, 0.25) is 0 Å². The Hall–Kier alpha value is 0. The fourth-order valence-electron chi connectivity index (χ4n) is 0.289. The van der Waals surface area contributed by atoms with Crippen LogP contribution in [0.5, 0.6) is 0 Å². The highest BCUT2D eigenvalue weighted by Gasteiger charge is 1.88. The van der Waals surface area contributed by atoms with E-state index in [4.69, 9.17) is 0 Å². The molecule has 0 N–H and O–H groups in total. The second-order valence-electron chi connectivity index (χ2n) is 1.92. The molecule has 0 nitrogen and oxygen atoms in total. The molecule has 0 aromatic heterocycles. The van der Waals surface area contributed by atoms with Gasteiger partial charge in [-0.3, -0.25) is 0 Å². The highest BCUT2D eigenvalue weighted by Crippen LogP contribution is 2.02. The van der Waals surface area contributed by atoms with E-state index < -0.39 is 0 Å². The predicted molar refractivity (Wildman–Crippen MR) is 30.9 cm³/mol. The van der Waals surface area contributed by atoms with Gasteiger partial charge in [-0.25, -0.2) is 0 Å². The van der Waals surface area contributed by atoms with Gasteiger partial charge in [0.15, 0.2) is 0 Å². The van der Waals surface area contributed by atoms with Gasteiger partial charge >= 0.3 is 1.43 Å². The second kappa shape index (κ2) is 3.20. The van der Waals surface area contributed by atoms with Gasteiger partial charge in [-0.2, -0.15) is 0 Å². The summed E-state index contributed by atoms with van der Waals surface area (Å²) in [6.07, 6.45) is 2.66. The normalized spacial score (nSPS) is 10.0. The summed E-state index contributed by atoms with van der Waals surface area (Å²) in [5, 5.41) is 0. The van der Waals surface area contributed by atoms with Crippen molar-refractivity contribution in [1.82, 2.24) is 0 Å². The Kier molecular flexibility index (Phi) is 3.20. The third kappa shape index (κ3) is 2.25. The largest absolute Gasteiger partial charge is 1.00 e. The van der Waals surface area contributed by atoms with Crippen LogP contribution in [-0.4, -0.2) is 0 Å². The minimum Gasteiger partial charge on any atom is -0.0651 e. The van der Waals surface area contributed by atoms with E-state index in [2.05, 4.69) is 20.8 Å². The zero-order valence-corrected chi connectivity index (χ0v) is 4.99. The molecule has 0 heterocycles. The molecule has 0 heteroatoms. The Morgan fingerprint density at radius 3 is 1.67 bits per heavy atom. The smallest absolute Gasteiger partial charge is 0.0651 e. The van der Waals surface area contributed by atoms with Gasteiger partial charge in [0.05, 0.1) is 0 Å². The van der Waals surface area contributed by atoms with E-state index in [0.717, 1.165) is 5.92 Å². The van der Waals surface area contributed by atoms with Crippen LogP contribution in [0.25, 0.3) is 0 Å². The van der Waals surface area contributed by atoms with Crippen molar-refractivity contribution < 1.29 is 1.43 Å². The van der Waals surface area contributed by atoms with Crippen molar-refractivity contribution in [3.05, 3.63) is 0 Å².